The van der Waals surface area contributed by atoms with Crippen molar-refractivity contribution < 1.29 is 4.42 Å². The third kappa shape index (κ3) is 5.06. The summed E-state index contributed by atoms with van der Waals surface area (Å²) >= 11 is 5.78. The van der Waals surface area contributed by atoms with Crippen LogP contribution in [-0.4, -0.2) is 42.1 Å². The Morgan fingerprint density at radius 1 is 1.20 bits per heavy atom. The van der Waals surface area contributed by atoms with Gasteiger partial charge in [-0.2, -0.15) is 0 Å². The van der Waals surface area contributed by atoms with Crippen LogP contribution in [-0.2, 0) is 6.42 Å². The van der Waals surface area contributed by atoms with Gasteiger partial charge in [0.05, 0.1) is 12.3 Å². The van der Waals surface area contributed by atoms with E-state index in [1.807, 2.05) is 12.1 Å². The van der Waals surface area contributed by atoms with Gasteiger partial charge >= 0.3 is 0 Å². The van der Waals surface area contributed by atoms with Crippen LogP contribution < -0.4 is 5.32 Å². The van der Waals surface area contributed by atoms with Crippen LogP contribution in [0.3, 0.4) is 0 Å². The van der Waals surface area contributed by atoms with Gasteiger partial charge in [-0.15, -0.1) is 0 Å². The molecule has 0 bridgehead atoms. The summed E-state index contributed by atoms with van der Waals surface area (Å²) in [6, 6.07) is 10.4. The monoisotopic (exact) mass is 359 g/mol. The highest BCUT2D eigenvalue weighted by Gasteiger charge is 2.21. The maximum Gasteiger partial charge on any atom is 0.174 e. The number of para-hydroxylation sites is 1. The molecule has 0 saturated carbocycles. The molecular weight excluding hydrogens is 330 g/mol. The highest BCUT2D eigenvalue weighted by atomic mass is 32.1. The molecule has 0 aliphatic rings. The molecule has 4 nitrogen and oxygen atoms in total. The van der Waals surface area contributed by atoms with Crippen LogP contribution in [0.15, 0.2) is 41.0 Å². The van der Waals surface area contributed by atoms with E-state index in [2.05, 4.69) is 68.2 Å². The zero-order valence-corrected chi connectivity index (χ0v) is 16.7. The van der Waals surface area contributed by atoms with Crippen molar-refractivity contribution in [3.05, 3.63) is 53.5 Å². The van der Waals surface area contributed by atoms with E-state index in [1.165, 1.54) is 11.1 Å². The van der Waals surface area contributed by atoms with Crippen LogP contribution in [0.25, 0.3) is 0 Å². The summed E-state index contributed by atoms with van der Waals surface area (Å²) in [5, 5.41) is 4.22. The molecule has 0 fully saturated rings. The molecule has 0 amide bonds. The van der Waals surface area contributed by atoms with Gasteiger partial charge in [-0.3, -0.25) is 0 Å². The average Bonchev–Trinajstić information content (AvgIpc) is 3.11. The number of thiocarbonyl (C=S) groups is 1. The molecule has 1 atom stereocenters. The van der Waals surface area contributed by atoms with Crippen molar-refractivity contribution in [3.8, 4) is 0 Å². The quantitative estimate of drug-likeness (QED) is 0.737. The van der Waals surface area contributed by atoms with E-state index >= 15 is 0 Å². The van der Waals surface area contributed by atoms with Crippen LogP contribution in [0, 0.1) is 6.92 Å². The summed E-state index contributed by atoms with van der Waals surface area (Å²) in [6.45, 7) is 8.15. The molecule has 1 N–H and O–H groups in total. The number of nitrogens with zero attached hydrogens (tertiary/aromatic N) is 2. The second-order valence-electron chi connectivity index (χ2n) is 6.58. The molecule has 0 spiro atoms. The molecule has 0 unspecified atom stereocenters. The fraction of sp³-hybridized carbons (Fsp3) is 0.450. The minimum Gasteiger partial charge on any atom is -0.467 e. The van der Waals surface area contributed by atoms with Crippen LogP contribution >= 0.6 is 12.2 Å². The first-order valence-corrected chi connectivity index (χ1v) is 9.19. The van der Waals surface area contributed by atoms with Crippen molar-refractivity contribution in [2.75, 3.05) is 32.5 Å². The van der Waals surface area contributed by atoms with Gasteiger partial charge < -0.3 is 19.5 Å². The Labute approximate surface area is 156 Å². The van der Waals surface area contributed by atoms with Gasteiger partial charge in [0, 0.05) is 18.8 Å². The number of aryl methyl sites for hydroxylation is 2. The molecule has 5 heteroatoms. The molecule has 0 radical (unpaired) electrons. The molecule has 0 aliphatic carbocycles. The van der Waals surface area contributed by atoms with Gasteiger partial charge in [-0.1, -0.05) is 25.1 Å². The Morgan fingerprint density at radius 3 is 2.56 bits per heavy atom. The lowest BCUT2D eigenvalue weighted by Crippen LogP contribution is -2.41. The van der Waals surface area contributed by atoms with Gasteiger partial charge in [0.15, 0.2) is 5.11 Å². The zero-order valence-electron chi connectivity index (χ0n) is 15.9. The fourth-order valence-electron chi connectivity index (χ4n) is 2.84. The maximum atomic E-state index is 5.78. The second kappa shape index (κ2) is 9.02. The van der Waals surface area contributed by atoms with Gasteiger partial charge in [0.1, 0.15) is 5.76 Å². The number of rotatable bonds is 7. The Hall–Kier alpha value is -1.85. The van der Waals surface area contributed by atoms with E-state index in [0.29, 0.717) is 0 Å². The molecule has 1 heterocycles. The smallest absolute Gasteiger partial charge is 0.174 e. The summed E-state index contributed by atoms with van der Waals surface area (Å²) in [5.41, 5.74) is 3.61. The zero-order chi connectivity index (χ0) is 18.4. The number of nitrogens with one attached hydrogen (secondary N) is 1. The fourth-order valence-corrected chi connectivity index (χ4v) is 3.19. The summed E-state index contributed by atoms with van der Waals surface area (Å²) in [7, 11) is 4.14. The van der Waals surface area contributed by atoms with Gasteiger partial charge in [0.2, 0.25) is 0 Å². The second-order valence-corrected chi connectivity index (χ2v) is 6.97. The van der Waals surface area contributed by atoms with E-state index in [4.69, 9.17) is 16.6 Å². The lowest BCUT2D eigenvalue weighted by Gasteiger charge is -2.32. The molecule has 0 aliphatic heterocycles. The largest absolute Gasteiger partial charge is 0.467 e. The molecule has 2 rings (SSSR count). The Kier molecular flexibility index (Phi) is 7.02. The van der Waals surface area contributed by atoms with Crippen molar-refractivity contribution >= 4 is 23.0 Å². The summed E-state index contributed by atoms with van der Waals surface area (Å²) in [5.74, 6) is 0.920. The number of likely N-dealkylation sites (N-methyl/N-ethyl adjacent to an activating group) is 1. The standard InChI is InChI=1S/C20H29N3OS/c1-6-17-10-7-9-15(2)19(17)21-20(25)23(13-12-22(4)5)16(3)18-11-8-14-24-18/h7-11,14,16H,6,12-13H2,1-5H3,(H,21,25)/t16-/m0/s1. The highest BCUT2D eigenvalue weighted by molar-refractivity contribution is 7.80. The first-order valence-electron chi connectivity index (χ1n) is 8.78. The van der Waals surface area contributed by atoms with Crippen molar-refractivity contribution in [2.45, 2.75) is 33.2 Å². The van der Waals surface area contributed by atoms with Crippen LogP contribution in [0.2, 0.25) is 0 Å². The number of furan rings is 1. The summed E-state index contributed by atoms with van der Waals surface area (Å²) in [6.07, 6.45) is 2.68. The van der Waals surface area contributed by atoms with E-state index < -0.39 is 0 Å². The van der Waals surface area contributed by atoms with E-state index in [0.717, 1.165) is 36.1 Å². The first kappa shape index (κ1) is 19.5. The van der Waals surface area contributed by atoms with Crippen molar-refractivity contribution in [2.24, 2.45) is 0 Å². The molecule has 2 aromatic rings. The number of anilines is 1. The van der Waals surface area contributed by atoms with Crippen LogP contribution in [0.5, 0.6) is 0 Å². The van der Waals surface area contributed by atoms with E-state index in [-0.39, 0.29) is 6.04 Å². The van der Waals surface area contributed by atoms with Gasteiger partial charge in [-0.25, -0.2) is 0 Å². The normalized spacial score (nSPS) is 12.2. The Balaban J connectivity index is 2.23. The minimum atomic E-state index is 0.0732. The molecule has 1 aromatic carbocycles. The first-order chi connectivity index (χ1) is 11.9. The third-order valence-corrected chi connectivity index (χ3v) is 4.78. The van der Waals surface area contributed by atoms with E-state index in [9.17, 15) is 0 Å². The number of hydrogen-bond acceptors (Lipinski definition) is 3. The van der Waals surface area contributed by atoms with E-state index in [1.54, 1.807) is 6.26 Å². The maximum absolute atomic E-state index is 5.78. The highest BCUT2D eigenvalue weighted by Crippen LogP contribution is 2.25. The van der Waals surface area contributed by atoms with Crippen molar-refractivity contribution in [1.82, 2.24) is 9.80 Å². The molecule has 1 aromatic heterocycles. The number of benzene rings is 1. The predicted octanol–water partition coefficient (Wildman–Crippen LogP) is 4.47. The lowest BCUT2D eigenvalue weighted by molar-refractivity contribution is 0.263. The summed E-state index contributed by atoms with van der Waals surface area (Å²) in [4.78, 5) is 4.36. The molecule has 136 valence electrons. The Morgan fingerprint density at radius 2 is 1.96 bits per heavy atom. The molecule has 0 saturated heterocycles. The van der Waals surface area contributed by atoms with Crippen LogP contribution in [0.1, 0.15) is 36.8 Å². The summed E-state index contributed by atoms with van der Waals surface area (Å²) < 4.78 is 5.61. The third-order valence-electron chi connectivity index (χ3n) is 4.44. The SMILES string of the molecule is CCc1cccc(C)c1NC(=S)N(CCN(C)C)[C@@H](C)c1ccco1. The number of hydrogen-bond donors (Lipinski definition) is 1. The van der Waals surface area contributed by atoms with Crippen molar-refractivity contribution in [1.29, 1.82) is 0 Å². The average molecular weight is 360 g/mol. The lowest BCUT2D eigenvalue weighted by atomic mass is 10.1. The molecule has 25 heavy (non-hydrogen) atoms. The van der Waals surface area contributed by atoms with Crippen molar-refractivity contribution in [3.63, 3.8) is 0 Å². The Bertz CT molecular complexity index is 682. The van der Waals surface area contributed by atoms with Gasteiger partial charge in [-0.05, 0) is 69.8 Å². The molecular formula is C20H29N3OS. The minimum absolute atomic E-state index is 0.0732. The van der Waals surface area contributed by atoms with Gasteiger partial charge in [0.25, 0.3) is 0 Å². The van der Waals surface area contributed by atoms with Crippen LogP contribution in [0.4, 0.5) is 5.69 Å². The predicted molar refractivity (Wildman–Crippen MR) is 109 cm³/mol. The topological polar surface area (TPSA) is 31.6 Å².